The zero-order valence-electron chi connectivity index (χ0n) is 11.3. The van der Waals surface area contributed by atoms with Gasteiger partial charge < -0.3 is 14.9 Å². The first-order valence-corrected chi connectivity index (χ1v) is 7.29. The summed E-state index contributed by atoms with van der Waals surface area (Å²) in [6.07, 6.45) is -0.0805. The van der Waals surface area contributed by atoms with Gasteiger partial charge in [-0.25, -0.2) is 0 Å². The van der Waals surface area contributed by atoms with Gasteiger partial charge in [-0.3, -0.25) is 9.59 Å². The number of carbonyl (C=O) groups excluding carboxylic acids is 1. The maximum atomic E-state index is 12.1. The minimum Gasteiger partial charge on any atom is -0.503 e. The Balaban J connectivity index is 2.41. The van der Waals surface area contributed by atoms with Crippen molar-refractivity contribution in [3.8, 4) is 11.5 Å². The van der Waals surface area contributed by atoms with Crippen molar-refractivity contribution in [1.29, 1.82) is 0 Å². The highest BCUT2D eigenvalue weighted by Gasteiger charge is 2.21. The lowest BCUT2D eigenvalue weighted by molar-refractivity contribution is -0.141. The first-order valence-electron chi connectivity index (χ1n) is 6.10. The highest BCUT2D eigenvalue weighted by atomic mass is 35.5. The highest BCUT2D eigenvalue weighted by Crippen LogP contribution is 2.43. The number of thiophene rings is 1. The Labute approximate surface area is 129 Å². The van der Waals surface area contributed by atoms with Crippen LogP contribution in [0.2, 0.25) is 5.02 Å². The van der Waals surface area contributed by atoms with Crippen LogP contribution < -0.4 is 4.74 Å². The van der Waals surface area contributed by atoms with Crippen molar-refractivity contribution >= 4 is 44.8 Å². The maximum absolute atomic E-state index is 12.1. The molecule has 0 aliphatic heterocycles. The summed E-state index contributed by atoms with van der Waals surface area (Å²) in [7, 11) is 1.41. The summed E-state index contributed by atoms with van der Waals surface area (Å²) in [5, 5.41) is 19.4. The number of Topliss-reactive ketones (excluding diaryl/α,β-unsaturated/α-hetero) is 1. The molecule has 2 rings (SSSR count). The quantitative estimate of drug-likeness (QED) is 0.820. The molecule has 7 heteroatoms. The number of hydrogen-bond donors (Lipinski definition) is 2. The maximum Gasteiger partial charge on any atom is 0.306 e. The number of ether oxygens (including phenoxy) is 1. The molecule has 0 saturated carbocycles. The van der Waals surface area contributed by atoms with Gasteiger partial charge in [0, 0.05) is 22.6 Å². The molecule has 1 heterocycles. The van der Waals surface area contributed by atoms with Crippen LogP contribution in [0.15, 0.2) is 12.1 Å². The Morgan fingerprint density at radius 2 is 2.10 bits per heavy atom. The Morgan fingerprint density at radius 3 is 2.67 bits per heavy atom. The molecule has 0 aliphatic rings. The van der Waals surface area contributed by atoms with Gasteiger partial charge in [0.25, 0.3) is 0 Å². The zero-order valence-corrected chi connectivity index (χ0v) is 12.9. The summed E-state index contributed by atoms with van der Waals surface area (Å²) < 4.78 is 5.70. The van der Waals surface area contributed by atoms with E-state index in [0.29, 0.717) is 15.0 Å². The average molecular weight is 329 g/mol. The number of halogens is 1. The molecular formula is C14H13ClO5S. The summed E-state index contributed by atoms with van der Waals surface area (Å²) in [4.78, 5) is 23.3. The van der Waals surface area contributed by atoms with Crippen molar-refractivity contribution in [2.45, 2.75) is 13.3 Å². The lowest BCUT2D eigenvalue weighted by Gasteiger charge is -2.05. The molecule has 0 spiro atoms. The van der Waals surface area contributed by atoms with Crippen molar-refractivity contribution in [1.82, 2.24) is 0 Å². The smallest absolute Gasteiger partial charge is 0.306 e. The number of benzene rings is 1. The number of aliphatic carboxylic acids is 1. The molecule has 0 unspecified atom stereocenters. The number of phenolic OH excluding ortho intramolecular Hbond substituents is 1. The standard InChI is InChI=1S/C14H13ClO5S/c1-6(14(18)19)3-8(16)11-4-7-10(21-11)5-9(20-2)13(17)12(7)15/h4-6,17H,3H2,1-2H3,(H,18,19)/t6-/m0/s1. The molecule has 2 aromatic rings. The number of phenols is 1. The van der Waals surface area contributed by atoms with Crippen LogP contribution in [0.25, 0.3) is 10.1 Å². The summed E-state index contributed by atoms with van der Waals surface area (Å²) in [6, 6.07) is 3.16. The molecule has 0 amide bonds. The summed E-state index contributed by atoms with van der Waals surface area (Å²) >= 11 is 7.25. The SMILES string of the molecule is COc1cc2sc(C(=O)C[C@H](C)C(=O)O)cc2c(Cl)c1O. The second-order valence-electron chi connectivity index (χ2n) is 4.63. The predicted molar refractivity (Wildman–Crippen MR) is 80.8 cm³/mol. The fraction of sp³-hybridized carbons (Fsp3) is 0.286. The third kappa shape index (κ3) is 2.96. The van der Waals surface area contributed by atoms with Crippen LogP contribution >= 0.6 is 22.9 Å². The van der Waals surface area contributed by atoms with Crippen LogP contribution in [-0.2, 0) is 4.79 Å². The lowest BCUT2D eigenvalue weighted by Crippen LogP contribution is -2.13. The van der Waals surface area contributed by atoms with Gasteiger partial charge in [-0.15, -0.1) is 11.3 Å². The Morgan fingerprint density at radius 1 is 1.43 bits per heavy atom. The molecule has 21 heavy (non-hydrogen) atoms. The van der Waals surface area contributed by atoms with Gasteiger partial charge in [-0.05, 0) is 6.07 Å². The Hall–Kier alpha value is -1.79. The fourth-order valence-corrected chi connectivity index (χ4v) is 3.22. The average Bonchev–Trinajstić information content (AvgIpc) is 2.86. The third-order valence-electron chi connectivity index (χ3n) is 3.11. The van der Waals surface area contributed by atoms with E-state index in [9.17, 15) is 14.7 Å². The summed E-state index contributed by atoms with van der Waals surface area (Å²) in [5.74, 6) is -1.97. The molecule has 112 valence electrons. The Bertz CT molecular complexity index is 722. The molecule has 5 nitrogen and oxygen atoms in total. The number of fused-ring (bicyclic) bond motifs is 1. The van der Waals surface area contributed by atoms with Crippen molar-refractivity contribution < 1.29 is 24.5 Å². The molecule has 0 saturated heterocycles. The third-order valence-corrected chi connectivity index (χ3v) is 4.61. The van der Waals surface area contributed by atoms with E-state index < -0.39 is 11.9 Å². The molecule has 1 aromatic heterocycles. The normalized spacial score (nSPS) is 12.3. The topological polar surface area (TPSA) is 83.8 Å². The van der Waals surface area contributed by atoms with Gasteiger partial charge in [-0.1, -0.05) is 18.5 Å². The van der Waals surface area contributed by atoms with E-state index in [-0.39, 0.29) is 28.7 Å². The van der Waals surface area contributed by atoms with E-state index in [2.05, 4.69) is 0 Å². The van der Waals surface area contributed by atoms with Crippen molar-refractivity contribution in [3.63, 3.8) is 0 Å². The van der Waals surface area contributed by atoms with Crippen molar-refractivity contribution in [2.75, 3.05) is 7.11 Å². The van der Waals surface area contributed by atoms with E-state index in [4.69, 9.17) is 21.4 Å². The minimum atomic E-state index is -1.01. The van der Waals surface area contributed by atoms with Gasteiger partial charge in [0.05, 0.1) is 22.9 Å². The van der Waals surface area contributed by atoms with Gasteiger partial charge >= 0.3 is 5.97 Å². The molecule has 1 aromatic carbocycles. The van der Waals surface area contributed by atoms with E-state index in [1.165, 1.54) is 25.4 Å². The Kier molecular flexibility index (Phi) is 4.39. The van der Waals surface area contributed by atoms with Crippen molar-refractivity contribution in [3.05, 3.63) is 22.0 Å². The molecule has 0 bridgehead atoms. The number of methoxy groups -OCH3 is 1. The number of ketones is 1. The number of carboxylic acids is 1. The molecule has 1 atom stereocenters. The molecule has 0 fully saturated rings. The lowest BCUT2D eigenvalue weighted by atomic mass is 10.0. The van der Waals surface area contributed by atoms with Crippen LogP contribution in [0.5, 0.6) is 11.5 Å². The first-order chi connectivity index (χ1) is 9.85. The van der Waals surface area contributed by atoms with Gasteiger partial charge in [0.2, 0.25) is 0 Å². The molecule has 2 N–H and O–H groups in total. The number of rotatable bonds is 5. The fourth-order valence-electron chi connectivity index (χ4n) is 1.87. The van der Waals surface area contributed by atoms with Gasteiger partial charge in [0.1, 0.15) is 0 Å². The van der Waals surface area contributed by atoms with E-state index in [1.54, 1.807) is 12.1 Å². The largest absolute Gasteiger partial charge is 0.503 e. The number of carbonyl (C=O) groups is 2. The summed E-state index contributed by atoms with van der Waals surface area (Å²) in [6.45, 7) is 1.48. The minimum absolute atomic E-state index is 0.0805. The van der Waals surface area contributed by atoms with Crippen LogP contribution in [0.1, 0.15) is 23.0 Å². The molecule has 0 aliphatic carbocycles. The zero-order chi connectivity index (χ0) is 15.7. The van der Waals surface area contributed by atoms with Crippen LogP contribution in [0.4, 0.5) is 0 Å². The molecular weight excluding hydrogens is 316 g/mol. The first kappa shape index (κ1) is 15.6. The van der Waals surface area contributed by atoms with Crippen molar-refractivity contribution in [2.24, 2.45) is 5.92 Å². The monoisotopic (exact) mass is 328 g/mol. The second kappa shape index (κ2) is 5.91. The van der Waals surface area contributed by atoms with E-state index >= 15 is 0 Å². The predicted octanol–water partition coefficient (Wildman–Crippen LogP) is 3.56. The number of hydrogen-bond acceptors (Lipinski definition) is 5. The number of aromatic hydroxyl groups is 1. The highest BCUT2D eigenvalue weighted by molar-refractivity contribution is 7.21. The van der Waals surface area contributed by atoms with Gasteiger partial charge in [-0.2, -0.15) is 0 Å². The summed E-state index contributed by atoms with van der Waals surface area (Å²) in [5.41, 5.74) is 0. The van der Waals surface area contributed by atoms with Gasteiger partial charge in [0.15, 0.2) is 17.3 Å². The number of carboxylic acid groups (broad SMARTS) is 1. The van der Waals surface area contributed by atoms with E-state index in [1.807, 2.05) is 0 Å². The van der Waals surface area contributed by atoms with E-state index in [0.717, 1.165) is 0 Å². The van der Waals surface area contributed by atoms with Crippen LogP contribution in [-0.4, -0.2) is 29.1 Å². The second-order valence-corrected chi connectivity index (χ2v) is 6.09. The van der Waals surface area contributed by atoms with Crippen LogP contribution in [0, 0.1) is 5.92 Å². The molecule has 0 radical (unpaired) electrons. The van der Waals surface area contributed by atoms with Crippen LogP contribution in [0.3, 0.4) is 0 Å².